The quantitative estimate of drug-likeness (QED) is 0.251. The van der Waals surface area contributed by atoms with E-state index in [1.807, 2.05) is 0 Å². The van der Waals surface area contributed by atoms with E-state index in [2.05, 4.69) is 5.10 Å². The molecule has 0 saturated carbocycles. The second kappa shape index (κ2) is 5.40. The van der Waals surface area contributed by atoms with Crippen molar-refractivity contribution < 1.29 is 4.79 Å². The van der Waals surface area contributed by atoms with Crippen LogP contribution in [0.2, 0.25) is 0 Å². The summed E-state index contributed by atoms with van der Waals surface area (Å²) in [7, 11) is 0. The van der Waals surface area contributed by atoms with Gasteiger partial charge in [0.05, 0.1) is 6.21 Å². The van der Waals surface area contributed by atoms with Gasteiger partial charge in [-0.15, -0.1) is 0 Å². The number of nitrogens with two attached hydrogens (primary N) is 2. The van der Waals surface area contributed by atoms with Gasteiger partial charge in [-0.2, -0.15) is 10.1 Å². The van der Waals surface area contributed by atoms with Crippen LogP contribution in [0.1, 0.15) is 15.9 Å². The number of rotatable bonds is 3. The van der Waals surface area contributed by atoms with E-state index in [0.29, 0.717) is 11.1 Å². The first-order valence-corrected chi connectivity index (χ1v) is 4.62. The summed E-state index contributed by atoms with van der Waals surface area (Å²) >= 11 is 0. The van der Waals surface area contributed by atoms with Crippen LogP contribution in [0.5, 0.6) is 0 Å². The molecule has 0 bridgehead atoms. The Morgan fingerprint density at radius 1 is 1.12 bits per heavy atom. The summed E-state index contributed by atoms with van der Waals surface area (Å²) in [5.41, 5.74) is 11.6. The third-order valence-corrected chi connectivity index (χ3v) is 1.85. The minimum atomic E-state index is -0.446. The lowest BCUT2D eigenvalue weighted by molar-refractivity contribution is 0.112. The highest BCUT2D eigenvalue weighted by atomic mass is 16.1. The molecule has 0 spiro atoms. The molecule has 17 heavy (non-hydrogen) atoms. The summed E-state index contributed by atoms with van der Waals surface area (Å²) in [6.07, 6.45) is 2.12. The zero-order valence-corrected chi connectivity index (χ0v) is 8.92. The maximum atomic E-state index is 10.4. The second-order valence-electron chi connectivity index (χ2n) is 3.11. The molecule has 1 rings (SSSR count). The van der Waals surface area contributed by atoms with Gasteiger partial charge in [-0.1, -0.05) is 24.3 Å². The van der Waals surface area contributed by atoms with E-state index in [1.54, 1.807) is 24.3 Å². The Hall–Kier alpha value is -2.70. The van der Waals surface area contributed by atoms with Gasteiger partial charge in [0.2, 0.25) is 11.9 Å². The van der Waals surface area contributed by atoms with Crippen molar-refractivity contribution in [3.63, 3.8) is 0 Å². The minimum absolute atomic E-state index is 0.446. The summed E-state index contributed by atoms with van der Waals surface area (Å²) in [4.78, 5) is 10.4. The number of benzene rings is 1. The molecule has 0 heterocycles. The number of hydrogen-bond acceptors (Lipinski definition) is 4. The number of guanidine groups is 2. The molecule has 7 nitrogen and oxygen atoms in total. The number of nitrogens with zero attached hydrogens (tertiary/aromatic N) is 2. The molecule has 0 aliphatic heterocycles. The predicted molar refractivity (Wildman–Crippen MR) is 65.1 cm³/mol. The van der Waals surface area contributed by atoms with E-state index in [-0.39, 0.29) is 0 Å². The van der Waals surface area contributed by atoms with E-state index in [9.17, 15) is 4.79 Å². The Labute approximate surface area is 97.7 Å². The van der Waals surface area contributed by atoms with Gasteiger partial charge < -0.3 is 11.5 Å². The number of carbonyl (C=O) groups is 1. The highest BCUT2D eigenvalue weighted by molar-refractivity contribution is 5.95. The molecule has 88 valence electrons. The fourth-order valence-corrected chi connectivity index (χ4v) is 1.04. The number of hydrazone groups is 1. The van der Waals surface area contributed by atoms with Crippen LogP contribution in [0, 0.1) is 10.8 Å². The van der Waals surface area contributed by atoms with Crippen molar-refractivity contribution in [3.05, 3.63) is 35.4 Å². The lowest BCUT2D eigenvalue weighted by atomic mass is 10.2. The van der Waals surface area contributed by atoms with E-state index in [1.165, 1.54) is 6.21 Å². The van der Waals surface area contributed by atoms with Gasteiger partial charge in [-0.25, -0.2) is 0 Å². The molecule has 0 unspecified atom stereocenters. The average molecular weight is 232 g/mol. The molecule has 7 heteroatoms. The lowest BCUT2D eigenvalue weighted by Gasteiger charge is -2.12. The molecule has 1 aromatic rings. The van der Waals surface area contributed by atoms with Crippen molar-refractivity contribution in [1.82, 2.24) is 5.01 Å². The Balaban J connectivity index is 2.84. The fraction of sp³-hybridized carbons (Fsp3) is 0. The number of nitrogens with one attached hydrogen (secondary N) is 2. The van der Waals surface area contributed by atoms with Gasteiger partial charge in [-0.05, 0) is 5.56 Å². The summed E-state index contributed by atoms with van der Waals surface area (Å²) in [5, 5.41) is 18.8. The summed E-state index contributed by atoms with van der Waals surface area (Å²) < 4.78 is 0. The van der Waals surface area contributed by atoms with Gasteiger partial charge in [0.25, 0.3) is 0 Å². The van der Waals surface area contributed by atoms with E-state index >= 15 is 0 Å². The molecule has 0 aliphatic rings. The highest BCUT2D eigenvalue weighted by Crippen LogP contribution is 2.00. The first kappa shape index (κ1) is 12.4. The maximum Gasteiger partial charge on any atom is 0.216 e. The predicted octanol–water partition coefficient (Wildman–Crippen LogP) is -0.0781. The number of hydrogen-bond donors (Lipinski definition) is 4. The Morgan fingerprint density at radius 2 is 1.59 bits per heavy atom. The minimum Gasteiger partial charge on any atom is -0.368 e. The van der Waals surface area contributed by atoms with Crippen LogP contribution in [0.25, 0.3) is 0 Å². The fourth-order valence-electron chi connectivity index (χ4n) is 1.04. The second-order valence-corrected chi connectivity index (χ2v) is 3.11. The van der Waals surface area contributed by atoms with Crippen LogP contribution in [0.3, 0.4) is 0 Å². The highest BCUT2D eigenvalue weighted by Gasteiger charge is 2.06. The number of carbonyl (C=O) groups excluding carboxylic acids is 1. The molecule has 6 N–H and O–H groups in total. The third kappa shape index (κ3) is 3.42. The summed E-state index contributed by atoms with van der Waals surface area (Å²) in [6.45, 7) is 0. The standard InChI is InChI=1S/C10H12N6O/c11-9(12)16(10(13)14)15-5-7-1-3-8(6-17)4-2-7/h1-6H,(H3,11,12)(H3,13,14)/b15-5+. The average Bonchev–Trinajstić information content (AvgIpc) is 2.29. The van der Waals surface area contributed by atoms with Crippen LogP contribution in [0.4, 0.5) is 0 Å². The molecule has 1 aromatic carbocycles. The molecule has 0 amide bonds. The van der Waals surface area contributed by atoms with Crippen LogP contribution in [-0.2, 0) is 0 Å². The van der Waals surface area contributed by atoms with Gasteiger partial charge in [0, 0.05) is 5.56 Å². The molecule has 0 saturated heterocycles. The van der Waals surface area contributed by atoms with Crippen molar-refractivity contribution in [1.29, 1.82) is 10.8 Å². The molecule has 0 atom stereocenters. The molecular weight excluding hydrogens is 220 g/mol. The van der Waals surface area contributed by atoms with Crippen molar-refractivity contribution in [2.45, 2.75) is 0 Å². The SMILES string of the molecule is N=C(N)N(/N=C/c1ccc(C=O)cc1)C(=N)N. The monoisotopic (exact) mass is 232 g/mol. The molecule has 0 aliphatic carbocycles. The number of aldehydes is 1. The Morgan fingerprint density at radius 3 is 2.00 bits per heavy atom. The van der Waals surface area contributed by atoms with Gasteiger partial charge in [0.15, 0.2) is 0 Å². The topological polar surface area (TPSA) is 132 Å². The van der Waals surface area contributed by atoms with Gasteiger partial charge in [-0.3, -0.25) is 15.6 Å². The molecule has 0 fully saturated rings. The lowest BCUT2D eigenvalue weighted by Crippen LogP contribution is -2.41. The van der Waals surface area contributed by atoms with Crippen LogP contribution in [0.15, 0.2) is 29.4 Å². The maximum absolute atomic E-state index is 10.4. The van der Waals surface area contributed by atoms with Gasteiger partial charge >= 0.3 is 0 Å². The normalized spacial score (nSPS) is 10.1. The molecule has 0 aromatic heterocycles. The zero-order chi connectivity index (χ0) is 12.8. The van der Waals surface area contributed by atoms with Crippen molar-refractivity contribution >= 4 is 24.4 Å². The van der Waals surface area contributed by atoms with Crippen molar-refractivity contribution in [2.24, 2.45) is 16.6 Å². The van der Waals surface area contributed by atoms with Gasteiger partial charge in [0.1, 0.15) is 6.29 Å². The van der Waals surface area contributed by atoms with Crippen LogP contribution >= 0.6 is 0 Å². The van der Waals surface area contributed by atoms with Crippen LogP contribution < -0.4 is 11.5 Å². The Bertz CT molecular complexity index is 450. The van der Waals surface area contributed by atoms with E-state index in [0.717, 1.165) is 11.3 Å². The van der Waals surface area contributed by atoms with E-state index in [4.69, 9.17) is 22.3 Å². The summed E-state index contributed by atoms with van der Waals surface area (Å²) in [6, 6.07) is 6.60. The van der Waals surface area contributed by atoms with Crippen molar-refractivity contribution in [2.75, 3.05) is 0 Å². The smallest absolute Gasteiger partial charge is 0.216 e. The molecular formula is C10H12N6O. The first-order chi connectivity index (χ1) is 8.04. The summed E-state index contributed by atoms with van der Waals surface area (Å²) in [5.74, 6) is -0.892. The van der Waals surface area contributed by atoms with E-state index < -0.39 is 11.9 Å². The van der Waals surface area contributed by atoms with Crippen LogP contribution in [-0.4, -0.2) is 29.4 Å². The third-order valence-electron chi connectivity index (χ3n) is 1.85. The Kier molecular flexibility index (Phi) is 3.93. The largest absolute Gasteiger partial charge is 0.368 e. The molecule has 0 radical (unpaired) electrons. The zero-order valence-electron chi connectivity index (χ0n) is 8.92. The van der Waals surface area contributed by atoms with Crippen molar-refractivity contribution in [3.8, 4) is 0 Å². The first-order valence-electron chi connectivity index (χ1n) is 4.62.